The molecular weight excluding hydrogens is 379 g/mol. The quantitative estimate of drug-likeness (QED) is 0.416. The zero-order valence-corrected chi connectivity index (χ0v) is 15.4. The molecular formula is C19H16Cl2O5. The molecule has 0 amide bonds. The van der Waals surface area contributed by atoms with Gasteiger partial charge in [-0.15, -0.1) is 0 Å². The normalized spacial score (nSPS) is 11.7. The lowest BCUT2D eigenvalue weighted by molar-refractivity contribution is -0.265. The first-order chi connectivity index (χ1) is 12.4. The molecule has 136 valence electrons. The maximum atomic E-state index is 12.5. The lowest BCUT2D eigenvalue weighted by Gasteiger charge is -2.15. The van der Waals surface area contributed by atoms with Crippen LogP contribution in [0, 0.1) is 0 Å². The summed E-state index contributed by atoms with van der Waals surface area (Å²) >= 11 is 12.1. The Morgan fingerprint density at radius 3 is 2.27 bits per heavy atom. The number of carbonyl (C=O) groups excluding carboxylic acids is 1. The maximum Gasteiger partial charge on any atom is 0.370 e. The summed E-state index contributed by atoms with van der Waals surface area (Å²) in [4.78, 5) is 33.2. The fourth-order valence-corrected chi connectivity index (χ4v) is 2.65. The summed E-state index contributed by atoms with van der Waals surface area (Å²) in [5, 5.41) is 9.90. The van der Waals surface area contributed by atoms with Crippen LogP contribution in [0.1, 0.15) is 24.5 Å². The number of halogens is 2. The van der Waals surface area contributed by atoms with E-state index in [-0.39, 0.29) is 17.2 Å². The molecule has 0 spiro atoms. The van der Waals surface area contributed by atoms with E-state index in [4.69, 9.17) is 33.0 Å². The highest BCUT2D eigenvalue weighted by atomic mass is 35.5. The summed E-state index contributed by atoms with van der Waals surface area (Å²) in [5.41, 5.74) is 1.50. The predicted molar refractivity (Wildman–Crippen MR) is 98.9 cm³/mol. The second-order valence-electron chi connectivity index (χ2n) is 5.20. The molecule has 0 saturated heterocycles. The van der Waals surface area contributed by atoms with E-state index in [1.807, 2.05) is 6.07 Å². The molecule has 2 aromatic carbocycles. The first-order valence-electron chi connectivity index (χ1n) is 7.73. The first kappa shape index (κ1) is 20.0. The van der Waals surface area contributed by atoms with Crippen LogP contribution in [0.25, 0.3) is 5.57 Å². The van der Waals surface area contributed by atoms with Crippen molar-refractivity contribution in [1.82, 2.24) is 0 Å². The highest BCUT2D eigenvalue weighted by molar-refractivity contribution is 6.42. The molecule has 0 aliphatic rings. The smallest absolute Gasteiger partial charge is 0.370 e. The van der Waals surface area contributed by atoms with Crippen LogP contribution in [-0.4, -0.2) is 23.7 Å². The predicted octanol–water partition coefficient (Wildman–Crippen LogP) is 4.76. The fraction of sp³-hybridized carbons (Fsp3) is 0.158. The highest BCUT2D eigenvalue weighted by Crippen LogP contribution is 2.33. The number of carboxylic acids is 1. The summed E-state index contributed by atoms with van der Waals surface area (Å²) in [6.45, 7) is 1.78. The van der Waals surface area contributed by atoms with Gasteiger partial charge in [-0.3, -0.25) is 9.68 Å². The Morgan fingerprint density at radius 2 is 1.69 bits per heavy atom. The Bertz CT molecular complexity index is 831. The van der Waals surface area contributed by atoms with Gasteiger partial charge < -0.3 is 5.11 Å². The molecule has 0 aliphatic heterocycles. The van der Waals surface area contributed by atoms with Gasteiger partial charge in [0.2, 0.25) is 0 Å². The first-order valence-corrected chi connectivity index (χ1v) is 8.49. The van der Waals surface area contributed by atoms with Crippen LogP contribution < -0.4 is 0 Å². The molecule has 5 nitrogen and oxygen atoms in total. The minimum Gasteiger partial charge on any atom is -0.481 e. The second kappa shape index (κ2) is 9.38. The van der Waals surface area contributed by atoms with Gasteiger partial charge in [-0.05, 0) is 30.2 Å². The number of rotatable bonds is 7. The molecule has 2 aromatic rings. The van der Waals surface area contributed by atoms with Crippen molar-refractivity contribution >= 4 is 40.7 Å². The van der Waals surface area contributed by atoms with E-state index < -0.39 is 18.4 Å². The molecule has 0 unspecified atom stereocenters. The van der Waals surface area contributed by atoms with Crippen LogP contribution in [0.2, 0.25) is 10.0 Å². The van der Waals surface area contributed by atoms with Crippen LogP contribution in [0.3, 0.4) is 0 Å². The van der Waals surface area contributed by atoms with Gasteiger partial charge in [0.15, 0.2) is 0 Å². The van der Waals surface area contributed by atoms with Crippen molar-refractivity contribution < 1.29 is 24.5 Å². The Hall–Kier alpha value is -2.34. The van der Waals surface area contributed by atoms with Crippen LogP contribution >= 0.6 is 23.2 Å². The molecule has 0 saturated carbocycles. The molecule has 1 N–H and O–H groups in total. The molecule has 0 fully saturated rings. The van der Waals surface area contributed by atoms with Crippen molar-refractivity contribution in [2.75, 3.05) is 6.61 Å². The zero-order valence-electron chi connectivity index (χ0n) is 13.9. The van der Waals surface area contributed by atoms with E-state index >= 15 is 0 Å². The standard InChI is InChI=1S/C19H16Cl2O5/c1-2-25-26-19(24)14(11-17(22)23)18(12-6-4-3-5-7-12)13-8-9-15(20)16(21)10-13/h3-10H,2,11H2,1H3,(H,22,23)/b18-14+. The number of hydrogen-bond donors (Lipinski definition) is 1. The molecule has 26 heavy (non-hydrogen) atoms. The van der Waals surface area contributed by atoms with Gasteiger partial charge in [0.05, 0.1) is 28.6 Å². The third kappa shape index (κ3) is 5.08. The SMILES string of the molecule is CCOOC(=O)/C(CC(=O)O)=C(\c1ccccc1)c1ccc(Cl)c(Cl)c1. The monoisotopic (exact) mass is 394 g/mol. The number of carbonyl (C=O) groups is 2. The fourth-order valence-electron chi connectivity index (χ4n) is 2.35. The van der Waals surface area contributed by atoms with Gasteiger partial charge in [-0.1, -0.05) is 59.6 Å². The van der Waals surface area contributed by atoms with E-state index in [9.17, 15) is 14.7 Å². The maximum absolute atomic E-state index is 12.5. The second-order valence-corrected chi connectivity index (χ2v) is 6.01. The van der Waals surface area contributed by atoms with Gasteiger partial charge >= 0.3 is 11.9 Å². The largest absolute Gasteiger partial charge is 0.481 e. The van der Waals surface area contributed by atoms with Crippen LogP contribution in [0.4, 0.5) is 0 Å². The Labute approximate surface area is 160 Å². The molecule has 2 rings (SSSR count). The molecule has 0 atom stereocenters. The highest BCUT2D eigenvalue weighted by Gasteiger charge is 2.23. The molecule has 0 aliphatic carbocycles. The van der Waals surface area contributed by atoms with Gasteiger partial charge in [0, 0.05) is 5.57 Å². The number of benzene rings is 2. The Morgan fingerprint density at radius 1 is 1.00 bits per heavy atom. The third-order valence-electron chi connectivity index (χ3n) is 3.40. The van der Waals surface area contributed by atoms with Crippen molar-refractivity contribution in [3.63, 3.8) is 0 Å². The van der Waals surface area contributed by atoms with Gasteiger partial charge in [-0.25, -0.2) is 4.79 Å². The summed E-state index contributed by atoms with van der Waals surface area (Å²) < 4.78 is 0. The summed E-state index contributed by atoms with van der Waals surface area (Å²) in [5.74, 6) is -2.05. The Balaban J connectivity index is 2.71. The molecule has 0 radical (unpaired) electrons. The van der Waals surface area contributed by atoms with E-state index in [0.717, 1.165) is 0 Å². The van der Waals surface area contributed by atoms with Crippen LogP contribution in [0.15, 0.2) is 54.1 Å². The van der Waals surface area contributed by atoms with E-state index in [1.54, 1.807) is 49.4 Å². The van der Waals surface area contributed by atoms with E-state index in [2.05, 4.69) is 0 Å². The Kier molecular flexibility index (Phi) is 7.21. The van der Waals surface area contributed by atoms with Crippen LogP contribution in [0.5, 0.6) is 0 Å². The van der Waals surface area contributed by atoms with Gasteiger partial charge in [0.25, 0.3) is 0 Å². The van der Waals surface area contributed by atoms with Crippen molar-refractivity contribution in [3.8, 4) is 0 Å². The lowest BCUT2D eigenvalue weighted by Crippen LogP contribution is -2.14. The summed E-state index contributed by atoms with van der Waals surface area (Å²) in [7, 11) is 0. The average Bonchev–Trinajstić information content (AvgIpc) is 2.62. The van der Waals surface area contributed by atoms with Crippen molar-refractivity contribution in [3.05, 3.63) is 75.3 Å². The lowest BCUT2D eigenvalue weighted by atomic mass is 9.91. The number of aliphatic carboxylic acids is 1. The number of carboxylic acid groups (broad SMARTS) is 1. The van der Waals surface area contributed by atoms with E-state index in [1.165, 1.54) is 0 Å². The van der Waals surface area contributed by atoms with Gasteiger partial charge in [0.1, 0.15) is 0 Å². The van der Waals surface area contributed by atoms with Crippen LogP contribution in [-0.2, 0) is 19.4 Å². The third-order valence-corrected chi connectivity index (χ3v) is 4.14. The zero-order chi connectivity index (χ0) is 19.1. The van der Waals surface area contributed by atoms with Crippen molar-refractivity contribution in [1.29, 1.82) is 0 Å². The van der Waals surface area contributed by atoms with Gasteiger partial charge in [-0.2, -0.15) is 4.89 Å². The summed E-state index contributed by atoms with van der Waals surface area (Å²) in [6, 6.07) is 13.7. The summed E-state index contributed by atoms with van der Waals surface area (Å²) in [6.07, 6.45) is -0.545. The van der Waals surface area contributed by atoms with Crippen molar-refractivity contribution in [2.24, 2.45) is 0 Å². The minimum atomic E-state index is -1.18. The topological polar surface area (TPSA) is 72.8 Å². The molecule has 7 heteroatoms. The number of hydrogen-bond acceptors (Lipinski definition) is 4. The van der Waals surface area contributed by atoms with E-state index in [0.29, 0.717) is 21.7 Å². The van der Waals surface area contributed by atoms with Crippen molar-refractivity contribution in [2.45, 2.75) is 13.3 Å². The average molecular weight is 395 g/mol. The molecule has 0 aromatic heterocycles. The molecule has 0 bridgehead atoms. The minimum absolute atomic E-state index is 0.0597. The molecule has 0 heterocycles.